The second kappa shape index (κ2) is 25.3. The largest absolute Gasteiger partial charge is 0.504 e. The number of aliphatic hydroxyl groups excluding tert-OH is 6. The predicted molar refractivity (Wildman–Crippen MR) is 227 cm³/mol. The maximum Gasteiger partial charge on any atom is 0.407 e. The highest BCUT2D eigenvalue weighted by Gasteiger charge is 2.48. The van der Waals surface area contributed by atoms with Gasteiger partial charge in [0.15, 0.2) is 11.5 Å². The summed E-state index contributed by atoms with van der Waals surface area (Å²) >= 11 is 0.128. The molecule has 0 bridgehead atoms. The van der Waals surface area contributed by atoms with E-state index in [2.05, 4.69) is 42.5 Å². The average molecular weight is 961 g/mol. The Hall–Kier alpha value is -4.91. The normalized spacial score (nSPS) is 29.8. The van der Waals surface area contributed by atoms with E-state index >= 15 is 0 Å². The molecule has 0 spiro atoms. The molecule has 3 heterocycles. The van der Waals surface area contributed by atoms with Crippen molar-refractivity contribution >= 4 is 48.0 Å². The van der Waals surface area contributed by atoms with Crippen LogP contribution in [-0.4, -0.2) is 199 Å². The van der Waals surface area contributed by atoms with Crippen molar-refractivity contribution in [1.82, 2.24) is 36.4 Å². The number of rotatable bonds is 14. The van der Waals surface area contributed by atoms with Crippen molar-refractivity contribution in [3.63, 3.8) is 0 Å². The van der Waals surface area contributed by atoms with Gasteiger partial charge < -0.3 is 86.8 Å². The van der Waals surface area contributed by atoms with Gasteiger partial charge in [-0.05, 0) is 37.5 Å². The van der Waals surface area contributed by atoms with Gasteiger partial charge in [-0.1, -0.05) is 35.0 Å². The van der Waals surface area contributed by atoms with Crippen molar-refractivity contribution < 1.29 is 88.1 Å². The summed E-state index contributed by atoms with van der Waals surface area (Å²) in [6, 6.07) is -5.52. The molecule has 3 saturated heterocycles. The van der Waals surface area contributed by atoms with E-state index in [1.54, 1.807) is 6.92 Å². The zero-order valence-electron chi connectivity index (χ0n) is 36.1. The first kappa shape index (κ1) is 53.7. The van der Waals surface area contributed by atoms with E-state index in [0.29, 0.717) is 0 Å². The van der Waals surface area contributed by atoms with Crippen molar-refractivity contribution in [2.75, 3.05) is 39.3 Å². The van der Waals surface area contributed by atoms with E-state index in [9.17, 15) is 64.5 Å². The summed E-state index contributed by atoms with van der Waals surface area (Å²) in [4.78, 5) is 83.8. The third-order valence-electron chi connectivity index (χ3n) is 11.3. The Bertz CT molecular complexity index is 1850. The molecule has 0 unspecified atom stereocenters. The molecule has 3 fully saturated rings. The number of ether oxygens (including phenoxy) is 1. The van der Waals surface area contributed by atoms with E-state index in [1.807, 2.05) is 0 Å². The zero-order valence-corrected chi connectivity index (χ0v) is 36.9. The van der Waals surface area contributed by atoms with E-state index in [-0.39, 0.29) is 62.6 Å². The topological polar surface area (TPSA) is 394 Å². The van der Waals surface area contributed by atoms with E-state index in [0.717, 1.165) is 9.80 Å². The van der Waals surface area contributed by atoms with Crippen LogP contribution in [0, 0.1) is 5.92 Å². The highest BCUT2D eigenvalue weighted by molar-refractivity contribution is 7.90. The summed E-state index contributed by atoms with van der Waals surface area (Å²) in [5, 5.41) is 102. The summed E-state index contributed by atoms with van der Waals surface area (Å²) < 4.78 is 14.2. The number of amides is 6. The second-order valence-electron chi connectivity index (χ2n) is 16.3. The molecule has 66 heavy (non-hydrogen) atoms. The van der Waals surface area contributed by atoms with Crippen LogP contribution in [0.1, 0.15) is 38.7 Å². The second-order valence-corrected chi connectivity index (χ2v) is 16.7. The Balaban J connectivity index is 1.77. The Morgan fingerprint density at radius 2 is 1.68 bits per heavy atom. The lowest BCUT2D eigenvalue weighted by Crippen LogP contribution is -2.62. The number of phenols is 1. The first-order valence-electron chi connectivity index (χ1n) is 21.0. The fourth-order valence-electron chi connectivity index (χ4n) is 7.75. The van der Waals surface area contributed by atoms with Gasteiger partial charge in [0.1, 0.15) is 30.8 Å². The lowest BCUT2D eigenvalue weighted by molar-refractivity contribution is -0.433. The molecular formula is C39H60N8O18S. The van der Waals surface area contributed by atoms with Crippen LogP contribution >= 0.6 is 12.3 Å². The van der Waals surface area contributed by atoms with E-state index in [4.69, 9.17) is 19.9 Å². The smallest absolute Gasteiger partial charge is 0.407 e. The number of nitrogens with zero attached hydrogens (tertiary/aromatic N) is 2. The highest BCUT2D eigenvalue weighted by Crippen LogP contribution is 2.31. The van der Waals surface area contributed by atoms with Gasteiger partial charge in [0.05, 0.1) is 48.7 Å². The molecule has 370 valence electrons. The van der Waals surface area contributed by atoms with Gasteiger partial charge >= 0.3 is 6.09 Å². The van der Waals surface area contributed by atoms with Crippen LogP contribution in [0.2, 0.25) is 0 Å². The minimum atomic E-state index is -1.71. The fourth-order valence-corrected chi connectivity index (χ4v) is 8.01. The van der Waals surface area contributed by atoms with Gasteiger partial charge in [-0.2, -0.15) is 0 Å². The lowest BCUT2D eigenvalue weighted by atomic mass is 9.99. The summed E-state index contributed by atoms with van der Waals surface area (Å²) in [7, 11) is 0. The molecule has 0 aromatic heterocycles. The Labute approximate surface area is 383 Å². The van der Waals surface area contributed by atoms with Crippen molar-refractivity contribution in [2.24, 2.45) is 11.7 Å². The van der Waals surface area contributed by atoms with Gasteiger partial charge in [-0.25, -0.2) is 10.1 Å². The van der Waals surface area contributed by atoms with Gasteiger partial charge in [-0.3, -0.25) is 24.0 Å². The number of alkyl carbamates (subject to hydrolysis) is 1. The Kier molecular flexibility index (Phi) is 20.6. The molecule has 13 atom stereocenters. The minimum Gasteiger partial charge on any atom is -0.504 e. The van der Waals surface area contributed by atoms with E-state index < -0.39 is 146 Å². The number of fused-ring (bicyclic) bond motifs is 2. The fraction of sp³-hybridized carbons (Fsp3) is 0.641. The number of benzene rings is 1. The number of β-amino-alcohol motifs (C(OH)–C–C–N with tert-alkyl or cyclic N) is 1. The number of hydrogen-bond acceptors (Lipinski definition) is 21. The van der Waals surface area contributed by atoms with Crippen molar-refractivity contribution in [3.05, 3.63) is 36.4 Å². The monoisotopic (exact) mass is 960 g/mol. The summed E-state index contributed by atoms with van der Waals surface area (Å²) in [5.41, 5.74) is 6.33. The Morgan fingerprint density at radius 1 is 0.970 bits per heavy atom. The van der Waals surface area contributed by atoms with Gasteiger partial charge in [0.25, 0.3) is 12.3 Å². The molecule has 0 radical (unpaired) electrons. The van der Waals surface area contributed by atoms with Crippen molar-refractivity contribution in [3.8, 4) is 11.5 Å². The van der Waals surface area contributed by atoms with Crippen LogP contribution in [0.3, 0.4) is 0 Å². The van der Waals surface area contributed by atoms with Crippen LogP contribution in [0.25, 0.3) is 0 Å². The van der Waals surface area contributed by atoms with Crippen molar-refractivity contribution in [1.29, 1.82) is 0 Å². The number of nitrogens with one attached hydrogen (secondary N) is 5. The summed E-state index contributed by atoms with van der Waals surface area (Å²) in [6.07, 6.45) is -10.0. The van der Waals surface area contributed by atoms with Crippen LogP contribution in [0.4, 0.5) is 4.79 Å². The van der Waals surface area contributed by atoms with Crippen molar-refractivity contribution in [2.45, 2.75) is 112 Å². The molecule has 0 saturated carbocycles. The highest BCUT2D eigenvalue weighted by atomic mass is 32.2. The predicted octanol–water partition coefficient (Wildman–Crippen LogP) is -4.99. The zero-order chi connectivity index (χ0) is 48.8. The van der Waals surface area contributed by atoms with Crippen LogP contribution in [-0.2, 0) is 44.5 Å². The number of phenolic OH excluding ortho intramolecular Hbond substituents is 1. The van der Waals surface area contributed by atoms with Gasteiger partial charge in [-0.15, -0.1) is 0 Å². The Morgan fingerprint density at radius 3 is 2.36 bits per heavy atom. The maximum absolute atomic E-state index is 14.6. The summed E-state index contributed by atoms with van der Waals surface area (Å²) in [6.45, 7) is 4.14. The van der Waals surface area contributed by atoms with Crippen LogP contribution < -0.4 is 36.5 Å². The maximum atomic E-state index is 14.6. The quantitative estimate of drug-likeness (QED) is 0.0273. The van der Waals surface area contributed by atoms with Crippen LogP contribution in [0.15, 0.2) is 30.9 Å². The number of aromatic hydroxyl groups is 1. The third kappa shape index (κ3) is 14.5. The molecule has 26 nitrogen and oxygen atoms in total. The molecule has 27 heteroatoms. The summed E-state index contributed by atoms with van der Waals surface area (Å²) in [5.74, 6) is -6.09. The van der Waals surface area contributed by atoms with Gasteiger partial charge in [0.2, 0.25) is 29.5 Å². The molecule has 4 rings (SSSR count). The first-order chi connectivity index (χ1) is 31.3. The molecule has 1 aromatic carbocycles. The number of carbonyl (C=O) groups excluding carboxylic acids is 6. The molecule has 3 aliphatic heterocycles. The minimum absolute atomic E-state index is 0.123. The molecule has 3 aliphatic rings. The lowest BCUT2D eigenvalue weighted by Gasteiger charge is -2.34. The van der Waals surface area contributed by atoms with E-state index in [1.165, 1.54) is 31.2 Å². The molecule has 0 aliphatic carbocycles. The molecule has 15 N–H and O–H groups in total. The number of carbonyl (C=O) groups is 6. The average Bonchev–Trinajstić information content (AvgIpc) is 3.81. The number of aliphatic hydroxyl groups is 6. The number of nitrogens with two attached hydrogens (primary N) is 1. The van der Waals surface area contributed by atoms with Gasteiger partial charge in [0, 0.05) is 51.5 Å². The number of hydrogen-bond donors (Lipinski definition) is 14. The van der Waals surface area contributed by atoms with Crippen LogP contribution in [0.5, 0.6) is 11.5 Å². The third-order valence-corrected chi connectivity index (χ3v) is 11.6. The molecular weight excluding hydrogens is 901 g/mol. The molecule has 6 amide bonds. The first-order valence-corrected chi connectivity index (χ1v) is 21.7. The molecule has 1 aromatic rings. The SMILES string of the molecule is C=CCOC(=O)NCC[C@@H](O)[C@@H]1NC[C@H]([C@H](O)Cc2ccc(O)c(OSOOO)c2)NC(=O)[C@@H]2C[C@H](O)CN2C(=O)[C@H]([C@H](C)O)NC(=O)[C@@H](N)C[C@H](O)CNC(=O)[C@@H]2[C@@H](O)[C@H](C)CN2C1=O. The standard InChI is InChI=1S/C39H60N8O18S/c1-4-9-62-39(60)41-8-7-27(52)31-38(59)47-16-18(2)33(54)32(47)36(57)43-14-21(49)12-23(40)34(55)45-30(19(3)48)37(58)46-17-22(50)13-25(46)35(56)44-24(15-42-31)28(53)10-20-5-6-26(51)29(11-20)63-66-65-64-61/h4-6,11,18-19,21-25,27-28,30-33,42,48-54,61H,1,7-10,12-17,40H2,2-3H3,(H,41,60)(H,43,57)(H,44,56)(H,45,55)/t18-,19+,21+,22+,23+,24-,25+,27-,28-,30+,31+,32+,33+/m1/s1.